The summed E-state index contributed by atoms with van der Waals surface area (Å²) in [5.74, 6) is 4.19. The molecule has 3 aromatic carbocycles. The van der Waals surface area contributed by atoms with E-state index in [-0.39, 0.29) is 50.7 Å². The van der Waals surface area contributed by atoms with Crippen LogP contribution in [0.5, 0.6) is 5.75 Å². The van der Waals surface area contributed by atoms with Gasteiger partial charge in [-0.2, -0.15) is 30.7 Å². The zero-order valence-electron chi connectivity index (χ0n) is 55.6. The maximum Gasteiger partial charge on any atom is 0.235 e. The minimum atomic E-state index is -1.38. The van der Waals surface area contributed by atoms with Gasteiger partial charge in [-0.15, -0.1) is 0 Å². The van der Waals surface area contributed by atoms with Gasteiger partial charge < -0.3 is 57.5 Å². The Hall–Kier alpha value is -9.17. The van der Waals surface area contributed by atoms with Crippen LogP contribution in [0.2, 0.25) is 0 Å². The highest BCUT2D eigenvalue weighted by Gasteiger charge is 2.38. The molecular weight excluding hydrogens is 1170 g/mol. The average molecular weight is 1270 g/mol. The van der Waals surface area contributed by atoms with Crippen molar-refractivity contribution in [1.29, 1.82) is 15.8 Å². The van der Waals surface area contributed by atoms with Crippen LogP contribution >= 0.6 is 0 Å². The number of ether oxygens (including phenoxy) is 1. The van der Waals surface area contributed by atoms with Crippen LogP contribution in [0.3, 0.4) is 0 Å². The molecule has 3 aliphatic carbocycles. The summed E-state index contributed by atoms with van der Waals surface area (Å²) in [6, 6.07) is 30.4. The summed E-state index contributed by atoms with van der Waals surface area (Å²) in [4.78, 5) is 37.5. The highest BCUT2D eigenvalue weighted by Crippen LogP contribution is 2.42. The first-order valence-electron chi connectivity index (χ1n) is 32.3. The quantitative estimate of drug-likeness (QED) is 0.0285. The van der Waals surface area contributed by atoms with Crippen molar-refractivity contribution >= 4 is 52.6 Å². The number of aliphatic hydroxyl groups excluding tert-OH is 2. The second-order valence-electron chi connectivity index (χ2n) is 26.6. The number of hydrogen-bond acceptors (Lipinski definition) is 20. The number of rotatable bonds is 23. The molecule has 1 unspecified atom stereocenters. The number of anilines is 7. The molecule has 22 heteroatoms. The van der Waals surface area contributed by atoms with E-state index in [1.165, 1.54) is 32.0 Å². The first-order valence-corrected chi connectivity index (χ1v) is 32.3. The molecule has 3 saturated carbocycles. The Morgan fingerprint density at radius 3 is 1.54 bits per heavy atom. The Bertz CT molecular complexity index is 3600. The van der Waals surface area contributed by atoms with Crippen LogP contribution < -0.4 is 47.3 Å². The molecule has 3 fully saturated rings. The van der Waals surface area contributed by atoms with E-state index >= 15 is 0 Å². The summed E-state index contributed by atoms with van der Waals surface area (Å²) in [6.45, 7) is 23.9. The lowest BCUT2D eigenvalue weighted by Gasteiger charge is -2.41. The standard InChI is InChI=1S/2C24H32N6O.C23H30FN5O2.3H2/c1-16-5-8-21(13-24(16,3)4)29-22-19(14-25)15-27-23(30-22)26-12-11-18-6-9-20(10-7-18)28-17(2)31;1-16(26-4)18-7-5-6-17(12-18)10-11-27-23-28-15-19(14-25)22(30-23)29-20-8-9-21(31)24(2,3)13-20;1-15(24)31-19-7-5-4-6-16(19)10-11-26-22-27-14-17(13-25)21(29-22)28-18-8-9-20(30)23(2,3)12-18;;;/h6-7,9-10,15-16,21H,5,8,11-13H2,1-4H3,(H,28,31)(H2,26,27,29,30);5-7,12,15,20-21,26,31H,1,8-11,13H2,2-4H3,(H2,27,28,29,30);4-7,14-15,18,20,30H,8-12H2,1-3H3,(H2,26,27,28,29);3*1H/t16-,21+;20-,21+;15?,18-,20+;;;/m011.../s1. The number of alkyl halides is 1. The number of nitrogens with zero attached hydrogens (tertiary/aromatic N) is 9. The van der Waals surface area contributed by atoms with Crippen molar-refractivity contribution in [3.63, 3.8) is 0 Å². The molecule has 0 bridgehead atoms. The number of aliphatic hydroxyl groups is 2. The molecule has 0 aliphatic heterocycles. The van der Waals surface area contributed by atoms with Gasteiger partial charge in [0.25, 0.3) is 0 Å². The van der Waals surface area contributed by atoms with Crippen molar-refractivity contribution in [3.8, 4) is 24.0 Å². The molecule has 0 saturated heterocycles. The molecule has 93 heavy (non-hydrogen) atoms. The lowest BCUT2D eigenvalue weighted by Crippen LogP contribution is -2.41. The van der Waals surface area contributed by atoms with Gasteiger partial charge in [0.2, 0.25) is 30.1 Å². The lowest BCUT2D eigenvalue weighted by molar-refractivity contribution is -0.114. The number of aromatic nitrogens is 6. The Labute approximate surface area is 552 Å². The molecular formula is C71H100FN17O4. The van der Waals surface area contributed by atoms with Crippen molar-refractivity contribution in [1.82, 2.24) is 35.2 Å². The summed E-state index contributed by atoms with van der Waals surface area (Å²) < 4.78 is 18.4. The Balaban J connectivity index is 0.000000302. The molecule has 1 amide bonds. The third-order valence-corrected chi connectivity index (χ3v) is 17.9. The predicted molar refractivity (Wildman–Crippen MR) is 372 cm³/mol. The number of carbonyl (C=O) groups is 1. The van der Waals surface area contributed by atoms with Crippen LogP contribution in [0.25, 0.3) is 5.70 Å². The van der Waals surface area contributed by atoms with Gasteiger partial charge in [0.1, 0.15) is 58.1 Å². The second kappa shape index (κ2) is 33.4. The number of amides is 1. The molecule has 500 valence electrons. The van der Waals surface area contributed by atoms with Crippen molar-refractivity contribution in [2.75, 3.05) is 63.9 Å². The van der Waals surface area contributed by atoms with Crippen LogP contribution in [-0.4, -0.2) is 109 Å². The van der Waals surface area contributed by atoms with Gasteiger partial charge in [-0.3, -0.25) is 4.79 Å². The van der Waals surface area contributed by atoms with Gasteiger partial charge in [0, 0.05) is 74.3 Å². The van der Waals surface area contributed by atoms with Gasteiger partial charge in [0.15, 0.2) is 0 Å². The summed E-state index contributed by atoms with van der Waals surface area (Å²) in [5, 5.41) is 74.5. The normalized spacial score (nSPS) is 20.2. The smallest absolute Gasteiger partial charge is 0.235 e. The van der Waals surface area contributed by atoms with Crippen molar-refractivity contribution < 1.29 is 28.4 Å². The Morgan fingerprint density at radius 2 is 1.10 bits per heavy atom. The van der Waals surface area contributed by atoms with Crippen LogP contribution in [0, 0.1) is 56.2 Å². The third-order valence-electron chi connectivity index (χ3n) is 17.9. The van der Waals surface area contributed by atoms with E-state index in [1.54, 1.807) is 18.5 Å². The minimum Gasteiger partial charge on any atom is -0.460 e. The maximum atomic E-state index is 13.2. The van der Waals surface area contributed by atoms with Crippen LogP contribution in [0.4, 0.5) is 45.4 Å². The third kappa shape index (κ3) is 21.5. The van der Waals surface area contributed by atoms with Gasteiger partial charge >= 0.3 is 0 Å². The number of nitriles is 3. The summed E-state index contributed by atoms with van der Waals surface area (Å²) in [7, 11) is 1.86. The molecule has 21 nitrogen and oxygen atoms in total. The molecule has 3 aliphatic rings. The maximum absolute atomic E-state index is 13.2. The fraction of sp³-hybridized carbons (Fsp3) is 0.493. The van der Waals surface area contributed by atoms with E-state index in [1.807, 2.05) is 61.6 Å². The van der Waals surface area contributed by atoms with E-state index in [0.29, 0.717) is 102 Å². The molecule has 0 radical (unpaired) electrons. The number of halogens is 1. The van der Waals surface area contributed by atoms with Gasteiger partial charge in [-0.25, -0.2) is 19.3 Å². The molecule has 3 aromatic heterocycles. The number of hydrogen-bond donors (Lipinski definition) is 10. The van der Waals surface area contributed by atoms with Crippen LogP contribution in [0.1, 0.15) is 163 Å². The molecule has 9 rings (SSSR count). The van der Waals surface area contributed by atoms with Gasteiger partial charge in [0.05, 0.1) is 30.8 Å². The summed E-state index contributed by atoms with van der Waals surface area (Å²) in [5.41, 5.74) is 7.16. The minimum absolute atomic E-state index is 0. The highest BCUT2D eigenvalue weighted by atomic mass is 19.1. The SMILES string of the molecule is C=C(NC)c1cccc(CCNc2ncc(C#N)c(N[C@@H]3CC[C@H](O)C(C)(C)C3)n2)c1.CC(=O)Nc1ccc(CCNc2ncc(C#N)c(N[C@@H]3CC[C@H](C)C(C)(C)C3)n2)cc1.CC(F)Oc1ccccc1CCNc1ncc(C#N)c(N[C@@H]2CC[C@H](O)C(C)(C)C2)n1.[HH].[HH].[HH]. The van der Waals surface area contributed by atoms with Gasteiger partial charge in [-0.1, -0.05) is 104 Å². The summed E-state index contributed by atoms with van der Waals surface area (Å²) in [6.07, 6.45) is 12.9. The highest BCUT2D eigenvalue weighted by molar-refractivity contribution is 5.88. The fourth-order valence-electron chi connectivity index (χ4n) is 11.9. The van der Waals surface area contributed by atoms with E-state index in [9.17, 15) is 35.2 Å². The van der Waals surface area contributed by atoms with Crippen molar-refractivity contribution in [2.24, 2.45) is 22.2 Å². The number of nitrogens with one attached hydrogen (secondary N) is 8. The topological polar surface area (TPSA) is 312 Å². The summed E-state index contributed by atoms with van der Waals surface area (Å²) >= 11 is 0. The van der Waals surface area contributed by atoms with Crippen LogP contribution in [0.15, 0.2) is 98.0 Å². The van der Waals surface area contributed by atoms with Crippen molar-refractivity contribution in [2.45, 2.75) is 176 Å². The number of carbonyl (C=O) groups excluding carboxylic acids is 1. The van der Waals surface area contributed by atoms with E-state index in [2.05, 4.69) is 158 Å². The van der Waals surface area contributed by atoms with E-state index in [0.717, 1.165) is 85.9 Å². The Kier molecular flexibility index (Phi) is 25.6. The zero-order chi connectivity index (χ0) is 67.3. The van der Waals surface area contributed by atoms with Crippen LogP contribution in [-0.2, 0) is 24.1 Å². The lowest BCUT2D eigenvalue weighted by atomic mass is 9.68. The molecule has 6 aromatic rings. The number of benzene rings is 3. The largest absolute Gasteiger partial charge is 0.460 e. The second-order valence-corrected chi connectivity index (χ2v) is 26.6. The van der Waals surface area contributed by atoms with E-state index < -0.39 is 6.36 Å². The molecule has 3 heterocycles. The van der Waals surface area contributed by atoms with Crippen molar-refractivity contribution in [3.05, 3.63) is 137 Å². The fourth-order valence-corrected chi connectivity index (χ4v) is 11.9. The zero-order valence-corrected chi connectivity index (χ0v) is 55.6. The average Bonchev–Trinajstić information content (AvgIpc) is 0.851. The number of para-hydroxylation sites is 1. The predicted octanol–water partition coefficient (Wildman–Crippen LogP) is 12.9. The van der Waals surface area contributed by atoms with Gasteiger partial charge in [-0.05, 0) is 146 Å². The molecule has 0 spiro atoms. The molecule has 10 N–H and O–H groups in total. The molecule has 7 atom stereocenters. The monoisotopic (exact) mass is 1270 g/mol. The first kappa shape index (κ1) is 71.3. The first-order chi connectivity index (χ1) is 44.4. The Morgan fingerprint density at radius 1 is 0.645 bits per heavy atom. The van der Waals surface area contributed by atoms with E-state index in [4.69, 9.17) is 4.74 Å².